The Bertz CT molecular complexity index is 358. The van der Waals surface area contributed by atoms with E-state index in [0.29, 0.717) is 6.42 Å². The number of aliphatic carboxylic acids is 1. The van der Waals surface area contributed by atoms with Gasteiger partial charge in [-0.1, -0.05) is 13.3 Å². The zero-order valence-corrected chi connectivity index (χ0v) is 12.3. The van der Waals surface area contributed by atoms with Crippen LogP contribution < -0.4 is 0 Å². The first kappa shape index (κ1) is 19.4. The first-order valence-electron chi connectivity index (χ1n) is 6.08. The van der Waals surface area contributed by atoms with Crippen LogP contribution in [0.1, 0.15) is 53.9 Å². The number of nitrogens with zero attached hydrogens (tertiary/aromatic N) is 4. The lowest BCUT2D eigenvalue weighted by atomic mass is 10.1. The Morgan fingerprint density at radius 1 is 1.11 bits per heavy atom. The summed E-state index contributed by atoms with van der Waals surface area (Å²) in [5.41, 5.74) is -1.68. The molecule has 0 aliphatic heterocycles. The van der Waals surface area contributed by atoms with Crippen molar-refractivity contribution in [2.24, 2.45) is 10.2 Å². The monoisotopic (exact) mass is 266 g/mol. The summed E-state index contributed by atoms with van der Waals surface area (Å²) in [6.07, 6.45) is 2.08. The van der Waals surface area contributed by atoms with Gasteiger partial charge in [0.2, 0.25) is 0 Å². The summed E-state index contributed by atoms with van der Waals surface area (Å²) < 4.78 is 0. The van der Waals surface area contributed by atoms with Crippen molar-refractivity contribution in [1.29, 1.82) is 10.5 Å². The summed E-state index contributed by atoms with van der Waals surface area (Å²) >= 11 is 0. The summed E-state index contributed by atoms with van der Waals surface area (Å²) in [5, 5.41) is 32.7. The van der Waals surface area contributed by atoms with E-state index in [1.807, 2.05) is 19.1 Å². The molecule has 0 aliphatic carbocycles. The van der Waals surface area contributed by atoms with Crippen LogP contribution in [-0.2, 0) is 4.79 Å². The van der Waals surface area contributed by atoms with Gasteiger partial charge < -0.3 is 5.11 Å². The fourth-order valence-electron chi connectivity index (χ4n) is 0.623. The van der Waals surface area contributed by atoms with Gasteiger partial charge in [-0.25, -0.2) is 0 Å². The second kappa shape index (κ2) is 9.04. The predicted molar refractivity (Wildman–Crippen MR) is 71.4 cm³/mol. The topological polar surface area (TPSA) is 110 Å². The van der Waals surface area contributed by atoms with Crippen LogP contribution in [0.4, 0.5) is 0 Å². The molecule has 0 heterocycles. The molecule has 0 aromatic heterocycles. The quantitative estimate of drug-likeness (QED) is 0.769. The van der Waals surface area contributed by atoms with E-state index in [-0.39, 0.29) is 0 Å². The summed E-state index contributed by atoms with van der Waals surface area (Å²) in [7, 11) is 0. The fraction of sp³-hybridized carbons (Fsp3) is 0.769. The molecule has 0 bridgehead atoms. The van der Waals surface area contributed by atoms with E-state index in [9.17, 15) is 4.79 Å². The van der Waals surface area contributed by atoms with Gasteiger partial charge in [0.25, 0.3) is 0 Å². The van der Waals surface area contributed by atoms with Crippen LogP contribution in [-0.4, -0.2) is 22.2 Å². The molecule has 0 saturated heterocycles. The lowest BCUT2D eigenvalue weighted by molar-refractivity contribution is -0.137. The maximum atomic E-state index is 9.76. The van der Waals surface area contributed by atoms with Crippen molar-refractivity contribution < 1.29 is 9.90 Å². The minimum atomic E-state index is -0.839. The van der Waals surface area contributed by atoms with E-state index in [1.165, 1.54) is 0 Å². The molecule has 0 fully saturated rings. The van der Waals surface area contributed by atoms with Crippen molar-refractivity contribution in [2.45, 2.75) is 65.0 Å². The van der Waals surface area contributed by atoms with Crippen LogP contribution in [0.2, 0.25) is 0 Å². The molecule has 1 N–H and O–H groups in total. The molecule has 0 aromatic carbocycles. The van der Waals surface area contributed by atoms with E-state index in [2.05, 4.69) is 10.2 Å². The first-order valence-corrected chi connectivity index (χ1v) is 6.08. The number of unbranched alkanes of at least 4 members (excludes halogenated alkanes) is 1. The van der Waals surface area contributed by atoms with E-state index in [1.54, 1.807) is 27.7 Å². The summed E-state index contributed by atoms with van der Waals surface area (Å²) in [5.74, 6) is -0.693. The standard InChI is InChI=1S/C8H12N4.C5H10O2/c1-7(2,5-9)11-12-8(3,4)6-10;1-2-3-4-5(6)7/h1-4H3;2-4H2,1H3,(H,6,7). The molecule has 6 heteroatoms. The largest absolute Gasteiger partial charge is 0.481 e. The van der Waals surface area contributed by atoms with Gasteiger partial charge in [0.15, 0.2) is 11.1 Å². The molecule has 6 nitrogen and oxygen atoms in total. The minimum Gasteiger partial charge on any atom is -0.481 e. The summed E-state index contributed by atoms with van der Waals surface area (Å²) in [6.45, 7) is 8.55. The second-order valence-electron chi connectivity index (χ2n) is 5.04. The van der Waals surface area contributed by atoms with Crippen molar-refractivity contribution in [3.63, 3.8) is 0 Å². The van der Waals surface area contributed by atoms with E-state index in [4.69, 9.17) is 15.6 Å². The third-order valence-electron chi connectivity index (χ3n) is 1.84. The first-order chi connectivity index (χ1) is 8.60. The fourth-order valence-corrected chi connectivity index (χ4v) is 0.623. The number of nitriles is 2. The lowest BCUT2D eigenvalue weighted by Gasteiger charge is -2.11. The maximum Gasteiger partial charge on any atom is 0.303 e. The van der Waals surface area contributed by atoms with Gasteiger partial charge in [0, 0.05) is 6.42 Å². The zero-order valence-electron chi connectivity index (χ0n) is 12.3. The van der Waals surface area contributed by atoms with Crippen LogP contribution >= 0.6 is 0 Å². The SMILES string of the molecule is CC(C)(C#N)N=NC(C)(C)C#N.CCCCC(=O)O. The molecular formula is C13H22N4O2. The van der Waals surface area contributed by atoms with Crippen molar-refractivity contribution in [3.8, 4) is 12.1 Å². The Hall–Kier alpha value is -1.95. The molecule has 0 spiro atoms. The van der Waals surface area contributed by atoms with E-state index in [0.717, 1.165) is 12.8 Å². The number of carboxylic acid groups (broad SMARTS) is 1. The molecule has 0 rings (SSSR count). The molecule has 106 valence electrons. The Kier molecular flexibility index (Phi) is 9.23. The zero-order chi connectivity index (χ0) is 15.5. The van der Waals surface area contributed by atoms with Gasteiger partial charge in [0.05, 0.1) is 12.1 Å². The molecule has 0 aromatic rings. The number of azo groups is 1. The van der Waals surface area contributed by atoms with E-state index < -0.39 is 17.0 Å². The Labute approximate surface area is 114 Å². The Morgan fingerprint density at radius 2 is 1.47 bits per heavy atom. The van der Waals surface area contributed by atoms with E-state index >= 15 is 0 Å². The molecule has 0 atom stereocenters. The normalized spacial score (nSPS) is 11.1. The third kappa shape index (κ3) is 14.0. The van der Waals surface area contributed by atoms with Crippen LogP contribution in [0.5, 0.6) is 0 Å². The van der Waals surface area contributed by atoms with Crippen LogP contribution in [0, 0.1) is 22.7 Å². The molecule has 0 unspecified atom stereocenters. The van der Waals surface area contributed by atoms with Crippen molar-refractivity contribution in [1.82, 2.24) is 0 Å². The van der Waals surface area contributed by atoms with Gasteiger partial charge in [-0.2, -0.15) is 20.8 Å². The van der Waals surface area contributed by atoms with Crippen molar-refractivity contribution in [3.05, 3.63) is 0 Å². The molecule has 0 saturated carbocycles. The highest BCUT2D eigenvalue weighted by Crippen LogP contribution is 2.13. The molecule has 0 radical (unpaired) electrons. The Morgan fingerprint density at radius 3 is 1.63 bits per heavy atom. The van der Waals surface area contributed by atoms with Crippen LogP contribution in [0.15, 0.2) is 10.2 Å². The predicted octanol–water partition coefficient (Wildman–Crippen LogP) is 3.30. The van der Waals surface area contributed by atoms with Crippen molar-refractivity contribution in [2.75, 3.05) is 0 Å². The molecular weight excluding hydrogens is 244 g/mol. The average molecular weight is 266 g/mol. The van der Waals surface area contributed by atoms with Crippen LogP contribution in [0.25, 0.3) is 0 Å². The van der Waals surface area contributed by atoms with Gasteiger partial charge >= 0.3 is 5.97 Å². The number of carboxylic acids is 1. The Balaban J connectivity index is 0. The molecule has 0 aliphatic rings. The van der Waals surface area contributed by atoms with Gasteiger partial charge in [-0.05, 0) is 34.1 Å². The number of hydrogen-bond acceptors (Lipinski definition) is 5. The molecule has 19 heavy (non-hydrogen) atoms. The van der Waals surface area contributed by atoms with Crippen molar-refractivity contribution >= 4 is 5.97 Å². The molecule has 0 amide bonds. The highest BCUT2D eigenvalue weighted by atomic mass is 16.4. The number of carbonyl (C=O) groups is 1. The minimum absolute atomic E-state index is 0.316. The van der Waals surface area contributed by atoms with Crippen LogP contribution in [0.3, 0.4) is 0 Å². The highest BCUT2D eigenvalue weighted by Gasteiger charge is 2.19. The van der Waals surface area contributed by atoms with Gasteiger partial charge in [0.1, 0.15) is 0 Å². The van der Waals surface area contributed by atoms with Gasteiger partial charge in [-0.15, -0.1) is 0 Å². The lowest BCUT2D eigenvalue weighted by Crippen LogP contribution is -2.17. The maximum absolute atomic E-state index is 9.76. The third-order valence-corrected chi connectivity index (χ3v) is 1.84. The van der Waals surface area contributed by atoms with Gasteiger partial charge in [-0.3, -0.25) is 4.79 Å². The number of hydrogen-bond donors (Lipinski definition) is 1. The summed E-state index contributed by atoms with van der Waals surface area (Å²) in [6, 6.07) is 3.94. The number of rotatable bonds is 5. The smallest absolute Gasteiger partial charge is 0.303 e. The summed E-state index contributed by atoms with van der Waals surface area (Å²) in [4.78, 5) is 9.76. The highest BCUT2D eigenvalue weighted by molar-refractivity contribution is 5.66. The average Bonchev–Trinajstić information content (AvgIpc) is 2.35. The second-order valence-corrected chi connectivity index (χ2v) is 5.04.